The molecule has 0 saturated carbocycles. The molecule has 35 heavy (non-hydrogen) atoms. The Morgan fingerprint density at radius 2 is 1.86 bits per heavy atom. The number of non-ortho nitro benzene ring substituents is 1. The lowest BCUT2D eigenvalue weighted by Crippen LogP contribution is -2.49. The van der Waals surface area contributed by atoms with Crippen LogP contribution in [0, 0.1) is 10.1 Å². The van der Waals surface area contributed by atoms with Crippen LogP contribution in [0.3, 0.4) is 0 Å². The highest BCUT2D eigenvalue weighted by atomic mass is 32.1. The predicted molar refractivity (Wildman–Crippen MR) is 134 cm³/mol. The number of nitrogens with one attached hydrogen (secondary N) is 1. The van der Waals surface area contributed by atoms with Crippen LogP contribution in [0.2, 0.25) is 0 Å². The van der Waals surface area contributed by atoms with Crippen LogP contribution in [0.1, 0.15) is 44.0 Å². The largest absolute Gasteiger partial charge is 0.368 e. The molecule has 0 spiro atoms. The van der Waals surface area contributed by atoms with Crippen LogP contribution in [0.5, 0.6) is 0 Å². The van der Waals surface area contributed by atoms with Crippen LogP contribution in [-0.2, 0) is 12.8 Å². The number of rotatable bonds is 5. The van der Waals surface area contributed by atoms with Gasteiger partial charge in [0.1, 0.15) is 5.00 Å². The van der Waals surface area contributed by atoms with Gasteiger partial charge in [-0.15, -0.1) is 11.3 Å². The molecule has 1 fully saturated rings. The Morgan fingerprint density at radius 1 is 1.06 bits per heavy atom. The van der Waals surface area contributed by atoms with Gasteiger partial charge >= 0.3 is 0 Å². The van der Waals surface area contributed by atoms with Gasteiger partial charge in [0, 0.05) is 61.3 Å². The summed E-state index contributed by atoms with van der Waals surface area (Å²) in [5, 5.41) is 14.7. The van der Waals surface area contributed by atoms with Gasteiger partial charge in [-0.25, -0.2) is 0 Å². The molecular formula is C25H25N5O4S. The third-order valence-corrected chi connectivity index (χ3v) is 7.72. The van der Waals surface area contributed by atoms with Crippen LogP contribution in [-0.4, -0.2) is 52.8 Å². The monoisotopic (exact) mass is 491 g/mol. The van der Waals surface area contributed by atoms with Crippen LogP contribution in [0.4, 0.5) is 16.4 Å². The van der Waals surface area contributed by atoms with Crippen molar-refractivity contribution in [2.45, 2.75) is 25.7 Å². The third-order valence-electron chi connectivity index (χ3n) is 6.51. The van der Waals surface area contributed by atoms with Crippen LogP contribution in [0.15, 0.2) is 48.8 Å². The molecule has 2 aliphatic rings. The summed E-state index contributed by atoms with van der Waals surface area (Å²) < 4.78 is 0. The maximum absolute atomic E-state index is 13.7. The summed E-state index contributed by atoms with van der Waals surface area (Å²) in [6.07, 6.45) is 6.99. The molecule has 0 atom stereocenters. The molecule has 0 bridgehead atoms. The minimum absolute atomic E-state index is 0.0555. The van der Waals surface area contributed by atoms with E-state index in [2.05, 4.69) is 15.2 Å². The standard InChI is InChI=1S/C25H25N5O4S/c31-23(17-5-4-10-26-16-17)27-24-22(20-8-1-2-9-21(20)35-24)25(32)29-13-11-28(12-14-29)18-6-3-7-19(15-18)30(33)34/h3-7,10,15-16H,1-2,8-9,11-14H2,(H,27,31). The lowest BCUT2D eigenvalue weighted by molar-refractivity contribution is -0.384. The maximum Gasteiger partial charge on any atom is 0.271 e. The van der Waals surface area contributed by atoms with E-state index in [1.54, 1.807) is 30.5 Å². The van der Waals surface area contributed by atoms with E-state index in [-0.39, 0.29) is 17.5 Å². The van der Waals surface area contributed by atoms with Crippen LogP contribution < -0.4 is 10.2 Å². The number of nitro groups is 1. The van der Waals surface area contributed by atoms with E-state index in [0.717, 1.165) is 36.9 Å². The molecule has 3 heterocycles. The van der Waals surface area contributed by atoms with Gasteiger partial charge in [0.25, 0.3) is 17.5 Å². The lowest BCUT2D eigenvalue weighted by atomic mass is 9.95. The fourth-order valence-corrected chi connectivity index (χ4v) is 5.96. The average Bonchev–Trinajstić information content (AvgIpc) is 3.26. The SMILES string of the molecule is O=C(Nc1sc2c(c1C(=O)N1CCN(c3cccc([N+](=O)[O-])c3)CC1)CCCC2)c1cccnc1. The maximum atomic E-state index is 13.7. The molecule has 5 rings (SSSR count). The predicted octanol–water partition coefficient (Wildman–Crippen LogP) is 4.14. The number of fused-ring (bicyclic) bond motifs is 1. The number of aryl methyl sites for hydroxylation is 1. The number of carbonyl (C=O) groups is 2. The van der Waals surface area contributed by atoms with E-state index in [9.17, 15) is 19.7 Å². The molecule has 1 aromatic carbocycles. The second kappa shape index (κ2) is 9.83. The molecule has 180 valence electrons. The number of piperazine rings is 1. The van der Waals surface area contributed by atoms with E-state index in [1.807, 2.05) is 11.0 Å². The van der Waals surface area contributed by atoms with Gasteiger partial charge in [-0.2, -0.15) is 0 Å². The zero-order valence-corrected chi connectivity index (χ0v) is 19.9. The first-order valence-corrected chi connectivity index (χ1v) is 12.5. The van der Waals surface area contributed by atoms with Gasteiger partial charge in [-0.05, 0) is 49.4 Å². The minimum Gasteiger partial charge on any atom is -0.368 e. The van der Waals surface area contributed by atoms with Crippen molar-refractivity contribution < 1.29 is 14.5 Å². The molecule has 1 N–H and O–H groups in total. The number of nitro benzene ring substituents is 1. The normalized spacial score (nSPS) is 15.4. The summed E-state index contributed by atoms with van der Waals surface area (Å²) in [4.78, 5) is 46.4. The number of anilines is 2. The number of hydrogen-bond donors (Lipinski definition) is 1. The third kappa shape index (κ3) is 4.74. The fourth-order valence-electron chi connectivity index (χ4n) is 4.68. The lowest BCUT2D eigenvalue weighted by Gasteiger charge is -2.36. The summed E-state index contributed by atoms with van der Waals surface area (Å²) >= 11 is 1.50. The first kappa shape index (κ1) is 23.0. The molecule has 1 saturated heterocycles. The summed E-state index contributed by atoms with van der Waals surface area (Å²) in [5.41, 5.74) is 2.96. The Bertz CT molecular complexity index is 1270. The molecule has 3 aromatic rings. The van der Waals surface area contributed by atoms with Crippen molar-refractivity contribution >= 4 is 39.5 Å². The molecule has 1 aliphatic heterocycles. The summed E-state index contributed by atoms with van der Waals surface area (Å²) in [5.74, 6) is -0.342. The van der Waals surface area contributed by atoms with E-state index < -0.39 is 4.92 Å². The van der Waals surface area contributed by atoms with Crippen molar-refractivity contribution in [1.29, 1.82) is 0 Å². The molecule has 2 amide bonds. The Morgan fingerprint density at radius 3 is 2.60 bits per heavy atom. The van der Waals surface area contributed by atoms with Gasteiger partial charge in [0.15, 0.2) is 0 Å². The molecule has 0 unspecified atom stereocenters. The van der Waals surface area contributed by atoms with Crippen molar-refractivity contribution in [2.75, 3.05) is 36.4 Å². The number of hydrogen-bond acceptors (Lipinski definition) is 7. The van der Waals surface area contributed by atoms with Crippen LogP contribution >= 0.6 is 11.3 Å². The molecule has 1 aliphatic carbocycles. The Labute approximate surface area is 206 Å². The summed E-state index contributed by atoms with van der Waals surface area (Å²) in [7, 11) is 0. The topological polar surface area (TPSA) is 109 Å². The Hall–Kier alpha value is -3.79. The molecule has 10 heteroatoms. The number of amides is 2. The fraction of sp³-hybridized carbons (Fsp3) is 0.320. The minimum atomic E-state index is -0.398. The van der Waals surface area contributed by atoms with Crippen molar-refractivity contribution in [3.63, 3.8) is 0 Å². The number of pyridine rings is 1. The van der Waals surface area contributed by atoms with Gasteiger partial charge in [0.2, 0.25) is 0 Å². The molecular weight excluding hydrogens is 466 g/mol. The second-order valence-electron chi connectivity index (χ2n) is 8.67. The van der Waals surface area contributed by atoms with Crippen molar-refractivity contribution in [2.24, 2.45) is 0 Å². The summed E-state index contributed by atoms with van der Waals surface area (Å²) in [6, 6.07) is 9.99. The molecule has 0 radical (unpaired) electrons. The number of thiophene rings is 1. The Kier molecular flexibility index (Phi) is 6.45. The van der Waals surface area contributed by atoms with Crippen molar-refractivity contribution in [3.8, 4) is 0 Å². The van der Waals surface area contributed by atoms with Crippen molar-refractivity contribution in [3.05, 3.63) is 80.5 Å². The van der Waals surface area contributed by atoms with E-state index >= 15 is 0 Å². The van der Waals surface area contributed by atoms with Gasteiger partial charge in [-0.3, -0.25) is 24.7 Å². The molecule has 2 aromatic heterocycles. The van der Waals surface area contributed by atoms with Gasteiger partial charge in [-0.1, -0.05) is 6.07 Å². The van der Waals surface area contributed by atoms with Crippen molar-refractivity contribution in [1.82, 2.24) is 9.88 Å². The van der Waals surface area contributed by atoms with Crippen LogP contribution in [0.25, 0.3) is 0 Å². The van der Waals surface area contributed by atoms with E-state index in [1.165, 1.54) is 28.5 Å². The van der Waals surface area contributed by atoms with E-state index in [4.69, 9.17) is 0 Å². The number of carbonyl (C=O) groups excluding carboxylic acids is 2. The zero-order valence-electron chi connectivity index (χ0n) is 19.1. The highest BCUT2D eigenvalue weighted by Crippen LogP contribution is 2.39. The first-order chi connectivity index (χ1) is 17.0. The number of nitrogens with zero attached hydrogens (tertiary/aromatic N) is 4. The number of aromatic nitrogens is 1. The highest BCUT2D eigenvalue weighted by Gasteiger charge is 2.31. The first-order valence-electron chi connectivity index (χ1n) is 11.7. The van der Waals surface area contributed by atoms with Gasteiger partial charge in [0.05, 0.1) is 16.1 Å². The second-order valence-corrected chi connectivity index (χ2v) is 9.77. The van der Waals surface area contributed by atoms with Gasteiger partial charge < -0.3 is 15.1 Å². The quantitative estimate of drug-likeness (QED) is 0.424. The number of benzene rings is 1. The summed E-state index contributed by atoms with van der Waals surface area (Å²) in [6.45, 7) is 2.16. The smallest absolute Gasteiger partial charge is 0.271 e. The van der Waals surface area contributed by atoms with E-state index in [0.29, 0.717) is 42.3 Å². The molecule has 9 nitrogen and oxygen atoms in total. The zero-order chi connectivity index (χ0) is 24.4. The average molecular weight is 492 g/mol. The Balaban J connectivity index is 1.35. The highest BCUT2D eigenvalue weighted by molar-refractivity contribution is 7.17.